The highest BCUT2D eigenvalue weighted by molar-refractivity contribution is 5.97. The van der Waals surface area contributed by atoms with Gasteiger partial charge in [-0.15, -0.1) is 0 Å². The van der Waals surface area contributed by atoms with Crippen LogP contribution in [0.15, 0.2) is 24.3 Å². The van der Waals surface area contributed by atoms with E-state index in [9.17, 15) is 14.7 Å². The molecule has 3 N–H and O–H groups in total. The molecule has 1 aliphatic rings. The molecule has 0 bridgehead atoms. The second kappa shape index (κ2) is 7.91. The molecule has 1 fully saturated rings. The predicted molar refractivity (Wildman–Crippen MR) is 82.0 cm³/mol. The molecule has 0 saturated carbocycles. The number of carbonyl (C=O) groups excluding carboxylic acids is 1. The van der Waals surface area contributed by atoms with Gasteiger partial charge in [-0.05, 0) is 50.6 Å². The van der Waals surface area contributed by atoms with Crippen LogP contribution in [0.3, 0.4) is 0 Å². The van der Waals surface area contributed by atoms with Gasteiger partial charge in [-0.1, -0.05) is 6.07 Å². The fourth-order valence-corrected chi connectivity index (χ4v) is 2.63. The van der Waals surface area contributed by atoms with Crippen molar-refractivity contribution in [3.05, 3.63) is 35.4 Å². The number of likely N-dealkylation sites (tertiary alicyclic amines) is 1. The Morgan fingerprint density at radius 3 is 2.82 bits per heavy atom. The number of benzene rings is 1. The number of rotatable bonds is 6. The Hall–Kier alpha value is -1.92. The van der Waals surface area contributed by atoms with Gasteiger partial charge in [-0.2, -0.15) is 0 Å². The molecule has 2 rings (SSSR count). The molecule has 1 aromatic carbocycles. The molecule has 1 aliphatic heterocycles. The highest BCUT2D eigenvalue weighted by atomic mass is 16.4. The van der Waals surface area contributed by atoms with Crippen molar-refractivity contribution in [1.82, 2.24) is 10.2 Å². The lowest BCUT2D eigenvalue weighted by Gasteiger charge is -2.29. The molecule has 120 valence electrons. The van der Waals surface area contributed by atoms with Crippen molar-refractivity contribution in [2.45, 2.75) is 25.4 Å². The lowest BCUT2D eigenvalue weighted by atomic mass is 10.1. The van der Waals surface area contributed by atoms with E-state index >= 15 is 0 Å². The molecule has 0 aliphatic carbocycles. The van der Waals surface area contributed by atoms with Crippen LogP contribution in [0.2, 0.25) is 0 Å². The number of aromatic carboxylic acids is 1. The van der Waals surface area contributed by atoms with Crippen LogP contribution in [0, 0.1) is 0 Å². The average Bonchev–Trinajstić information content (AvgIpc) is 2.51. The van der Waals surface area contributed by atoms with E-state index in [4.69, 9.17) is 5.11 Å². The quantitative estimate of drug-likeness (QED) is 0.681. The highest BCUT2D eigenvalue weighted by Gasteiger charge is 2.16. The zero-order valence-electron chi connectivity index (χ0n) is 12.5. The minimum atomic E-state index is -1.04. The third-order valence-corrected chi connectivity index (χ3v) is 3.79. The monoisotopic (exact) mass is 306 g/mol. The average molecular weight is 306 g/mol. The number of nitrogens with one attached hydrogen (secondary N) is 1. The molecule has 6 nitrogen and oxygen atoms in total. The van der Waals surface area contributed by atoms with E-state index in [1.54, 1.807) is 12.1 Å². The number of aliphatic hydroxyl groups is 1. The molecule has 1 atom stereocenters. The van der Waals surface area contributed by atoms with E-state index in [1.807, 2.05) is 0 Å². The number of carboxylic acid groups (broad SMARTS) is 1. The van der Waals surface area contributed by atoms with Crippen LogP contribution in [0.25, 0.3) is 0 Å². The van der Waals surface area contributed by atoms with Crippen molar-refractivity contribution in [1.29, 1.82) is 0 Å². The third-order valence-electron chi connectivity index (χ3n) is 3.79. The van der Waals surface area contributed by atoms with Gasteiger partial charge in [0.1, 0.15) is 0 Å². The van der Waals surface area contributed by atoms with Crippen molar-refractivity contribution in [2.24, 2.45) is 0 Å². The summed E-state index contributed by atoms with van der Waals surface area (Å²) in [6.45, 7) is 3.06. The molecule has 1 saturated heterocycles. The van der Waals surface area contributed by atoms with Gasteiger partial charge >= 0.3 is 5.97 Å². The molecular weight excluding hydrogens is 284 g/mol. The summed E-state index contributed by atoms with van der Waals surface area (Å²) in [5, 5.41) is 21.3. The van der Waals surface area contributed by atoms with Crippen LogP contribution in [-0.4, -0.2) is 59.3 Å². The predicted octanol–water partition coefficient (Wildman–Crippen LogP) is 0.961. The van der Waals surface area contributed by atoms with Gasteiger partial charge in [0, 0.05) is 18.7 Å². The number of carboxylic acids is 1. The van der Waals surface area contributed by atoms with Crippen LogP contribution >= 0.6 is 0 Å². The van der Waals surface area contributed by atoms with E-state index < -0.39 is 5.97 Å². The lowest BCUT2D eigenvalue weighted by Crippen LogP contribution is -2.39. The molecule has 1 aromatic rings. The topological polar surface area (TPSA) is 89.9 Å². The molecule has 1 heterocycles. The Morgan fingerprint density at radius 1 is 1.32 bits per heavy atom. The first-order chi connectivity index (χ1) is 10.6. The van der Waals surface area contributed by atoms with Crippen molar-refractivity contribution in [2.75, 3.05) is 26.2 Å². The van der Waals surface area contributed by atoms with Gasteiger partial charge in [0.2, 0.25) is 0 Å². The SMILES string of the molecule is O=C(O)c1cccc(C(=O)NCCCN2CCC[C@H](O)C2)c1. The van der Waals surface area contributed by atoms with Crippen molar-refractivity contribution in [3.63, 3.8) is 0 Å². The maximum absolute atomic E-state index is 12.0. The minimum Gasteiger partial charge on any atom is -0.478 e. The molecule has 22 heavy (non-hydrogen) atoms. The number of hydrogen-bond donors (Lipinski definition) is 3. The van der Waals surface area contributed by atoms with Crippen LogP contribution in [0.5, 0.6) is 0 Å². The summed E-state index contributed by atoms with van der Waals surface area (Å²) in [6, 6.07) is 6.00. The van der Waals surface area contributed by atoms with E-state index in [0.717, 1.165) is 32.4 Å². The maximum atomic E-state index is 12.0. The second-order valence-corrected chi connectivity index (χ2v) is 5.59. The van der Waals surface area contributed by atoms with E-state index in [-0.39, 0.29) is 17.6 Å². The first-order valence-electron chi connectivity index (χ1n) is 7.58. The molecule has 1 amide bonds. The third kappa shape index (κ3) is 4.82. The van der Waals surface area contributed by atoms with Gasteiger partial charge < -0.3 is 20.4 Å². The van der Waals surface area contributed by atoms with E-state index in [1.165, 1.54) is 12.1 Å². The number of aliphatic hydroxyl groups excluding tert-OH is 1. The molecule has 0 unspecified atom stereocenters. The largest absolute Gasteiger partial charge is 0.478 e. The van der Waals surface area contributed by atoms with Gasteiger partial charge in [0.15, 0.2) is 0 Å². The minimum absolute atomic E-state index is 0.106. The molecule has 0 radical (unpaired) electrons. The maximum Gasteiger partial charge on any atom is 0.335 e. The number of β-amino-alcohol motifs (C(OH)–C–C–N with tert-alkyl or cyclic N) is 1. The molecule has 6 heteroatoms. The van der Waals surface area contributed by atoms with Crippen molar-refractivity contribution in [3.8, 4) is 0 Å². The van der Waals surface area contributed by atoms with Crippen molar-refractivity contribution >= 4 is 11.9 Å². The zero-order chi connectivity index (χ0) is 15.9. The number of hydrogen-bond acceptors (Lipinski definition) is 4. The molecule has 0 spiro atoms. The van der Waals surface area contributed by atoms with E-state index in [2.05, 4.69) is 10.2 Å². The number of amides is 1. The number of piperidine rings is 1. The second-order valence-electron chi connectivity index (χ2n) is 5.59. The fraction of sp³-hybridized carbons (Fsp3) is 0.500. The fourth-order valence-electron chi connectivity index (χ4n) is 2.63. The summed E-state index contributed by atoms with van der Waals surface area (Å²) in [6.07, 6.45) is 2.45. The van der Waals surface area contributed by atoms with Crippen LogP contribution in [-0.2, 0) is 0 Å². The van der Waals surface area contributed by atoms with Gasteiger partial charge in [0.25, 0.3) is 5.91 Å². The first kappa shape index (κ1) is 16.5. The highest BCUT2D eigenvalue weighted by Crippen LogP contribution is 2.09. The first-order valence-corrected chi connectivity index (χ1v) is 7.58. The molecular formula is C16H22N2O4. The van der Waals surface area contributed by atoms with Gasteiger partial charge in [-0.3, -0.25) is 4.79 Å². The Balaban J connectivity index is 1.73. The van der Waals surface area contributed by atoms with Crippen LogP contribution in [0.4, 0.5) is 0 Å². The Kier molecular flexibility index (Phi) is 5.91. The summed E-state index contributed by atoms with van der Waals surface area (Å²) in [4.78, 5) is 25.0. The van der Waals surface area contributed by atoms with Crippen LogP contribution < -0.4 is 5.32 Å². The normalized spacial score (nSPS) is 18.9. The zero-order valence-corrected chi connectivity index (χ0v) is 12.5. The van der Waals surface area contributed by atoms with Crippen LogP contribution in [0.1, 0.15) is 40.0 Å². The summed E-state index contributed by atoms with van der Waals surface area (Å²) >= 11 is 0. The smallest absolute Gasteiger partial charge is 0.335 e. The summed E-state index contributed by atoms with van der Waals surface area (Å²) in [5.41, 5.74) is 0.461. The summed E-state index contributed by atoms with van der Waals surface area (Å²) < 4.78 is 0. The Bertz CT molecular complexity index is 533. The standard InChI is InChI=1S/C16H22N2O4/c19-14-6-2-8-18(11-14)9-3-7-17-15(20)12-4-1-5-13(10-12)16(21)22/h1,4-5,10,14,19H,2-3,6-9,11H2,(H,17,20)(H,21,22)/t14-/m0/s1. The Labute approximate surface area is 129 Å². The van der Waals surface area contributed by atoms with Gasteiger partial charge in [-0.25, -0.2) is 4.79 Å². The number of carbonyl (C=O) groups is 2. The van der Waals surface area contributed by atoms with Crippen molar-refractivity contribution < 1.29 is 19.8 Å². The summed E-state index contributed by atoms with van der Waals surface area (Å²) in [5.74, 6) is -1.31. The summed E-state index contributed by atoms with van der Waals surface area (Å²) in [7, 11) is 0. The molecule has 0 aromatic heterocycles. The number of nitrogens with zero attached hydrogens (tertiary/aromatic N) is 1. The lowest BCUT2D eigenvalue weighted by molar-refractivity contribution is 0.0692. The Morgan fingerprint density at radius 2 is 2.09 bits per heavy atom. The van der Waals surface area contributed by atoms with E-state index in [0.29, 0.717) is 18.7 Å². The van der Waals surface area contributed by atoms with Gasteiger partial charge in [0.05, 0.1) is 11.7 Å².